The van der Waals surface area contributed by atoms with Crippen LogP contribution in [0.5, 0.6) is 0 Å². The highest BCUT2D eigenvalue weighted by Gasteiger charge is 2.07. The summed E-state index contributed by atoms with van der Waals surface area (Å²) in [5.41, 5.74) is 0.953. The van der Waals surface area contributed by atoms with Crippen molar-refractivity contribution in [2.45, 2.75) is 0 Å². The van der Waals surface area contributed by atoms with Gasteiger partial charge in [-0.05, 0) is 12.1 Å². The fraction of sp³-hybridized carbons (Fsp3) is 0. The van der Waals surface area contributed by atoms with Gasteiger partial charge in [0.25, 0.3) is 0 Å². The lowest BCUT2D eigenvalue weighted by Gasteiger charge is -1.97. The summed E-state index contributed by atoms with van der Waals surface area (Å²) in [5.74, 6) is 1.53. The molecule has 0 atom stereocenters. The normalized spacial score (nSPS) is 11.0. The van der Waals surface area contributed by atoms with Crippen LogP contribution in [0.4, 0.5) is 0 Å². The first-order chi connectivity index (χ1) is 7.34. The molecule has 0 radical (unpaired) electrons. The van der Waals surface area contributed by atoms with E-state index in [1.807, 2.05) is 22.7 Å². The monoisotopic (exact) mass is 218 g/mol. The lowest BCUT2D eigenvalue weighted by molar-refractivity contribution is 1.11. The van der Waals surface area contributed by atoms with Crippen LogP contribution in [-0.4, -0.2) is 19.4 Å². The maximum absolute atomic E-state index is 5.89. The van der Waals surface area contributed by atoms with Crippen molar-refractivity contribution in [2.75, 3.05) is 0 Å². The van der Waals surface area contributed by atoms with Gasteiger partial charge in [-0.1, -0.05) is 11.6 Å². The molecule has 0 spiro atoms. The molecule has 0 bridgehead atoms. The molecule has 0 amide bonds. The molecule has 3 heterocycles. The summed E-state index contributed by atoms with van der Waals surface area (Å²) in [4.78, 5) is 11.5. The van der Waals surface area contributed by atoms with E-state index in [-0.39, 0.29) is 0 Å². The average Bonchev–Trinajstić information content (AvgIpc) is 2.82. The molecule has 3 rings (SSSR count). The van der Waals surface area contributed by atoms with Gasteiger partial charge in [-0.15, -0.1) is 0 Å². The molecule has 0 saturated heterocycles. The van der Waals surface area contributed by atoms with Gasteiger partial charge in [-0.2, -0.15) is 0 Å². The number of halogens is 1. The first-order valence-electron chi connectivity index (χ1n) is 4.47. The number of fused-ring (bicyclic) bond motifs is 1. The van der Waals surface area contributed by atoms with E-state index in [9.17, 15) is 0 Å². The lowest BCUT2D eigenvalue weighted by atomic mass is 10.4. The highest BCUT2D eigenvalue weighted by molar-refractivity contribution is 6.30. The zero-order valence-electron chi connectivity index (χ0n) is 7.68. The standard InChI is InChI=1S/C10H7ClN4/c11-7-1-4-15-8(5-7)6-14-10(15)9-12-2-3-13-9/h1-6H,(H,12,13). The van der Waals surface area contributed by atoms with E-state index in [1.165, 1.54) is 0 Å². The van der Waals surface area contributed by atoms with E-state index in [0.717, 1.165) is 17.2 Å². The second kappa shape index (κ2) is 3.10. The van der Waals surface area contributed by atoms with E-state index in [4.69, 9.17) is 11.6 Å². The Morgan fingerprint density at radius 3 is 3.07 bits per heavy atom. The highest BCUT2D eigenvalue weighted by Crippen LogP contribution is 2.18. The zero-order valence-corrected chi connectivity index (χ0v) is 8.44. The van der Waals surface area contributed by atoms with Crippen LogP contribution in [0.2, 0.25) is 5.02 Å². The van der Waals surface area contributed by atoms with Crippen molar-refractivity contribution in [1.82, 2.24) is 19.4 Å². The van der Waals surface area contributed by atoms with Gasteiger partial charge in [0.15, 0.2) is 11.6 Å². The van der Waals surface area contributed by atoms with Crippen molar-refractivity contribution >= 4 is 17.1 Å². The molecule has 0 fully saturated rings. The summed E-state index contributed by atoms with van der Waals surface area (Å²) in [6.45, 7) is 0. The molecule has 0 aromatic carbocycles. The Morgan fingerprint density at radius 2 is 2.27 bits per heavy atom. The Balaban J connectivity index is 2.29. The number of imidazole rings is 2. The second-order valence-electron chi connectivity index (χ2n) is 3.16. The molecule has 4 nitrogen and oxygen atoms in total. The fourth-order valence-corrected chi connectivity index (χ4v) is 1.70. The molecule has 0 aliphatic heterocycles. The third-order valence-electron chi connectivity index (χ3n) is 2.20. The van der Waals surface area contributed by atoms with E-state index in [2.05, 4.69) is 15.0 Å². The van der Waals surface area contributed by atoms with E-state index in [0.29, 0.717) is 5.02 Å². The van der Waals surface area contributed by atoms with Crippen molar-refractivity contribution in [3.05, 3.63) is 41.9 Å². The number of aromatic nitrogens is 4. The molecule has 3 aromatic rings. The van der Waals surface area contributed by atoms with Crippen molar-refractivity contribution in [3.63, 3.8) is 0 Å². The van der Waals surface area contributed by atoms with E-state index >= 15 is 0 Å². The second-order valence-corrected chi connectivity index (χ2v) is 3.60. The Kier molecular flexibility index (Phi) is 1.76. The minimum absolute atomic E-state index is 0.702. The maximum Gasteiger partial charge on any atom is 0.180 e. The highest BCUT2D eigenvalue weighted by atomic mass is 35.5. The van der Waals surface area contributed by atoms with Crippen LogP contribution in [0.25, 0.3) is 17.2 Å². The third kappa shape index (κ3) is 1.30. The van der Waals surface area contributed by atoms with E-state index < -0.39 is 0 Å². The van der Waals surface area contributed by atoms with Crippen LogP contribution in [0, 0.1) is 0 Å². The summed E-state index contributed by atoms with van der Waals surface area (Å²) in [5, 5.41) is 0.702. The van der Waals surface area contributed by atoms with Gasteiger partial charge in [-0.3, -0.25) is 4.40 Å². The Labute approximate surface area is 90.6 Å². The van der Waals surface area contributed by atoms with Crippen LogP contribution in [0.1, 0.15) is 0 Å². The number of nitrogens with one attached hydrogen (secondary N) is 1. The number of aromatic amines is 1. The number of pyridine rings is 1. The average molecular weight is 219 g/mol. The first kappa shape index (κ1) is 8.49. The lowest BCUT2D eigenvalue weighted by Crippen LogP contribution is -1.90. The molecule has 0 aliphatic carbocycles. The maximum atomic E-state index is 5.89. The molecule has 74 valence electrons. The summed E-state index contributed by atoms with van der Waals surface area (Å²) < 4.78 is 1.94. The smallest absolute Gasteiger partial charge is 0.180 e. The third-order valence-corrected chi connectivity index (χ3v) is 2.44. The summed E-state index contributed by atoms with van der Waals surface area (Å²) in [7, 11) is 0. The molecule has 0 saturated carbocycles. The van der Waals surface area contributed by atoms with Gasteiger partial charge in [0, 0.05) is 23.6 Å². The van der Waals surface area contributed by atoms with Crippen LogP contribution in [0.15, 0.2) is 36.9 Å². The fourth-order valence-electron chi connectivity index (χ4n) is 1.54. The van der Waals surface area contributed by atoms with E-state index in [1.54, 1.807) is 18.6 Å². The van der Waals surface area contributed by atoms with Crippen molar-refractivity contribution in [3.8, 4) is 11.6 Å². The topological polar surface area (TPSA) is 46.0 Å². The SMILES string of the molecule is Clc1ccn2c(-c3ncc[nH]3)ncc2c1. The van der Waals surface area contributed by atoms with Crippen molar-refractivity contribution in [2.24, 2.45) is 0 Å². The molecule has 5 heteroatoms. The number of H-pyrrole nitrogens is 1. The first-order valence-corrected chi connectivity index (χ1v) is 4.85. The Hall–Kier alpha value is -1.81. The molecule has 0 unspecified atom stereocenters. The largest absolute Gasteiger partial charge is 0.342 e. The molecular formula is C10H7ClN4. The predicted molar refractivity (Wildman–Crippen MR) is 57.8 cm³/mol. The van der Waals surface area contributed by atoms with Gasteiger partial charge >= 0.3 is 0 Å². The van der Waals surface area contributed by atoms with Gasteiger partial charge in [-0.25, -0.2) is 9.97 Å². The number of hydrogen-bond donors (Lipinski definition) is 1. The van der Waals surface area contributed by atoms with Gasteiger partial charge in [0.2, 0.25) is 0 Å². The molecule has 3 aromatic heterocycles. The van der Waals surface area contributed by atoms with Gasteiger partial charge < -0.3 is 4.98 Å². The Bertz CT molecular complexity index is 597. The quantitative estimate of drug-likeness (QED) is 0.682. The van der Waals surface area contributed by atoms with Crippen LogP contribution >= 0.6 is 11.6 Å². The molecule has 0 aliphatic rings. The van der Waals surface area contributed by atoms with Crippen LogP contribution < -0.4 is 0 Å². The summed E-state index contributed by atoms with van der Waals surface area (Å²) >= 11 is 5.89. The van der Waals surface area contributed by atoms with Gasteiger partial charge in [0.05, 0.1) is 11.7 Å². The minimum atomic E-state index is 0.702. The van der Waals surface area contributed by atoms with Crippen LogP contribution in [-0.2, 0) is 0 Å². The summed E-state index contributed by atoms with van der Waals surface area (Å²) in [6.07, 6.45) is 7.12. The molecule has 15 heavy (non-hydrogen) atoms. The number of hydrogen-bond acceptors (Lipinski definition) is 2. The van der Waals surface area contributed by atoms with Gasteiger partial charge in [0.1, 0.15) is 0 Å². The Morgan fingerprint density at radius 1 is 1.33 bits per heavy atom. The number of rotatable bonds is 1. The van der Waals surface area contributed by atoms with Crippen LogP contribution in [0.3, 0.4) is 0 Å². The zero-order chi connectivity index (χ0) is 10.3. The molecular weight excluding hydrogens is 212 g/mol. The molecule has 1 N–H and O–H groups in total. The minimum Gasteiger partial charge on any atom is -0.342 e. The summed E-state index contributed by atoms with van der Waals surface area (Å²) in [6, 6.07) is 3.68. The van der Waals surface area contributed by atoms with Crippen molar-refractivity contribution < 1.29 is 0 Å². The predicted octanol–water partition coefficient (Wildman–Crippen LogP) is 2.38. The number of nitrogens with zero attached hydrogens (tertiary/aromatic N) is 3. The van der Waals surface area contributed by atoms with Crippen molar-refractivity contribution in [1.29, 1.82) is 0 Å².